The lowest BCUT2D eigenvalue weighted by Gasteiger charge is -2.43. The van der Waals surface area contributed by atoms with Crippen molar-refractivity contribution < 1.29 is 47.7 Å². The fourth-order valence-electron chi connectivity index (χ4n) is 3.04. The lowest BCUT2D eigenvalue weighted by atomic mass is 9.96. The van der Waals surface area contributed by atoms with Gasteiger partial charge in [-0.3, -0.25) is 19.2 Å². The van der Waals surface area contributed by atoms with Crippen LogP contribution in [0.15, 0.2) is 30.3 Å². The number of amides is 1. The van der Waals surface area contributed by atoms with Crippen LogP contribution in [-0.4, -0.2) is 67.5 Å². The predicted octanol–water partition coefficient (Wildman–Crippen LogP) is 0.109. The van der Waals surface area contributed by atoms with E-state index in [4.69, 9.17) is 23.7 Å². The number of nitrogens with one attached hydrogen (secondary N) is 1. The Bertz CT molecular complexity index is 840. The number of carbonyl (C=O) groups excluding carboxylic acids is 5. The fourth-order valence-corrected chi connectivity index (χ4v) is 3.04. The van der Waals surface area contributed by atoms with Crippen molar-refractivity contribution in [1.82, 2.24) is 5.32 Å². The second-order valence-corrected chi connectivity index (χ2v) is 6.56. The summed E-state index contributed by atoms with van der Waals surface area (Å²) in [5.74, 6) is -3.98. The van der Waals surface area contributed by atoms with Crippen LogP contribution in [0.2, 0.25) is 0 Å². The standard InChI is InChI=1S/C20H23NO10/c1-10(22)28-14-15(29-11(2)23)17(20(26)27-4)31-19(16(14)30-12(3)24)21-18(25)13-8-6-5-7-9-13/h5-9,14-17,19H,1-4H3,(H,21,25)/t14-,15-,16+,17-,19+/m0/s1. The molecular weight excluding hydrogens is 414 g/mol. The Morgan fingerprint density at radius 3 is 1.84 bits per heavy atom. The SMILES string of the molecule is COC(=O)[C@H]1O[C@@H](NC(=O)c2ccccc2)[C@H](OC(C)=O)[C@@H](OC(C)=O)[C@@H]1OC(C)=O. The van der Waals surface area contributed by atoms with Crippen molar-refractivity contribution in [3.63, 3.8) is 0 Å². The molecule has 1 amide bonds. The number of methoxy groups -OCH3 is 1. The average Bonchev–Trinajstić information content (AvgIpc) is 2.71. The Kier molecular flexibility index (Phi) is 8.08. The van der Waals surface area contributed by atoms with Crippen LogP contribution in [-0.2, 0) is 42.9 Å². The molecule has 168 valence electrons. The van der Waals surface area contributed by atoms with Gasteiger partial charge in [0.25, 0.3) is 5.91 Å². The molecular formula is C20H23NO10. The third-order valence-electron chi connectivity index (χ3n) is 4.19. The van der Waals surface area contributed by atoms with Gasteiger partial charge < -0.3 is 29.0 Å². The summed E-state index contributed by atoms with van der Waals surface area (Å²) < 4.78 is 25.9. The highest BCUT2D eigenvalue weighted by Crippen LogP contribution is 2.29. The molecule has 1 aliphatic rings. The molecule has 0 aliphatic carbocycles. The summed E-state index contributed by atoms with van der Waals surface area (Å²) in [6, 6.07) is 8.04. The Balaban J connectivity index is 2.46. The van der Waals surface area contributed by atoms with E-state index in [2.05, 4.69) is 5.32 Å². The van der Waals surface area contributed by atoms with Crippen LogP contribution in [0.5, 0.6) is 0 Å². The van der Waals surface area contributed by atoms with Crippen LogP contribution in [0.1, 0.15) is 31.1 Å². The van der Waals surface area contributed by atoms with Crippen LogP contribution < -0.4 is 5.32 Å². The number of esters is 4. The summed E-state index contributed by atoms with van der Waals surface area (Å²) >= 11 is 0. The number of carbonyl (C=O) groups is 5. The fraction of sp³-hybridized carbons (Fsp3) is 0.450. The van der Waals surface area contributed by atoms with Gasteiger partial charge >= 0.3 is 23.9 Å². The minimum Gasteiger partial charge on any atom is -0.467 e. The first-order chi connectivity index (χ1) is 14.6. The molecule has 1 heterocycles. The highest BCUT2D eigenvalue weighted by Gasteiger charge is 2.55. The van der Waals surface area contributed by atoms with Gasteiger partial charge in [-0.15, -0.1) is 0 Å². The van der Waals surface area contributed by atoms with Gasteiger partial charge in [0, 0.05) is 26.3 Å². The van der Waals surface area contributed by atoms with Gasteiger partial charge in [-0.1, -0.05) is 18.2 Å². The maximum absolute atomic E-state index is 12.6. The zero-order valence-corrected chi connectivity index (χ0v) is 17.4. The van der Waals surface area contributed by atoms with E-state index < -0.39 is 60.4 Å². The zero-order valence-electron chi connectivity index (χ0n) is 17.4. The molecule has 0 bridgehead atoms. The topological polar surface area (TPSA) is 144 Å². The smallest absolute Gasteiger partial charge is 0.339 e. The Morgan fingerprint density at radius 1 is 0.806 bits per heavy atom. The van der Waals surface area contributed by atoms with E-state index in [0.29, 0.717) is 0 Å². The molecule has 1 aromatic carbocycles. The first kappa shape index (κ1) is 23.8. The van der Waals surface area contributed by atoms with E-state index in [0.717, 1.165) is 27.9 Å². The average molecular weight is 437 g/mol. The van der Waals surface area contributed by atoms with E-state index in [9.17, 15) is 24.0 Å². The summed E-state index contributed by atoms with van der Waals surface area (Å²) in [6.45, 7) is 3.24. The van der Waals surface area contributed by atoms with Crippen LogP contribution in [0, 0.1) is 0 Å². The minimum absolute atomic E-state index is 0.258. The van der Waals surface area contributed by atoms with Gasteiger partial charge in [0.15, 0.2) is 30.6 Å². The van der Waals surface area contributed by atoms with E-state index in [-0.39, 0.29) is 5.56 Å². The molecule has 1 N–H and O–H groups in total. The maximum Gasteiger partial charge on any atom is 0.339 e. The lowest BCUT2D eigenvalue weighted by Crippen LogP contribution is -2.67. The van der Waals surface area contributed by atoms with Crippen molar-refractivity contribution >= 4 is 29.8 Å². The molecule has 31 heavy (non-hydrogen) atoms. The number of rotatable bonds is 6. The Labute approximate surface area is 177 Å². The van der Waals surface area contributed by atoms with Crippen molar-refractivity contribution in [3.05, 3.63) is 35.9 Å². The largest absolute Gasteiger partial charge is 0.467 e. The number of hydrogen-bond donors (Lipinski definition) is 1. The molecule has 0 unspecified atom stereocenters. The van der Waals surface area contributed by atoms with E-state index in [1.165, 1.54) is 12.1 Å². The third kappa shape index (κ3) is 6.25. The second kappa shape index (κ2) is 10.5. The second-order valence-electron chi connectivity index (χ2n) is 6.56. The van der Waals surface area contributed by atoms with Crippen molar-refractivity contribution in [2.45, 2.75) is 51.4 Å². The van der Waals surface area contributed by atoms with Gasteiger partial charge in [0.1, 0.15) is 0 Å². The molecule has 0 aromatic heterocycles. The normalized spacial score (nSPS) is 25.0. The van der Waals surface area contributed by atoms with Crippen molar-refractivity contribution in [2.75, 3.05) is 7.11 Å². The molecule has 11 heteroatoms. The van der Waals surface area contributed by atoms with Gasteiger partial charge in [-0.25, -0.2) is 4.79 Å². The van der Waals surface area contributed by atoms with Gasteiger partial charge in [-0.2, -0.15) is 0 Å². The van der Waals surface area contributed by atoms with E-state index >= 15 is 0 Å². The summed E-state index contributed by atoms with van der Waals surface area (Å²) in [7, 11) is 1.08. The molecule has 0 saturated carbocycles. The third-order valence-corrected chi connectivity index (χ3v) is 4.19. The van der Waals surface area contributed by atoms with Crippen LogP contribution in [0.4, 0.5) is 0 Å². The van der Waals surface area contributed by atoms with Crippen molar-refractivity contribution in [2.24, 2.45) is 0 Å². The van der Waals surface area contributed by atoms with E-state index in [1.54, 1.807) is 18.2 Å². The van der Waals surface area contributed by atoms with Gasteiger partial charge in [0.2, 0.25) is 0 Å². The van der Waals surface area contributed by atoms with Crippen LogP contribution in [0.3, 0.4) is 0 Å². The molecule has 0 spiro atoms. The zero-order chi connectivity index (χ0) is 23.1. The molecule has 1 aromatic rings. The first-order valence-corrected chi connectivity index (χ1v) is 9.25. The summed E-state index contributed by atoms with van der Waals surface area (Å²) in [5, 5.41) is 2.50. The molecule has 2 rings (SSSR count). The predicted molar refractivity (Wildman–Crippen MR) is 101 cm³/mol. The quantitative estimate of drug-likeness (QED) is 0.481. The maximum atomic E-state index is 12.6. The highest BCUT2D eigenvalue weighted by atomic mass is 16.7. The summed E-state index contributed by atoms with van der Waals surface area (Å²) in [6.07, 6.45) is -7.41. The monoisotopic (exact) mass is 437 g/mol. The molecule has 5 atom stereocenters. The van der Waals surface area contributed by atoms with E-state index in [1.807, 2.05) is 0 Å². The molecule has 1 fully saturated rings. The van der Waals surface area contributed by atoms with Gasteiger partial charge in [-0.05, 0) is 12.1 Å². The minimum atomic E-state index is -1.58. The number of hydrogen-bond acceptors (Lipinski definition) is 10. The Morgan fingerprint density at radius 2 is 1.32 bits per heavy atom. The highest BCUT2D eigenvalue weighted by molar-refractivity contribution is 5.94. The molecule has 1 saturated heterocycles. The first-order valence-electron chi connectivity index (χ1n) is 9.25. The summed E-state index contributed by atoms with van der Waals surface area (Å²) in [4.78, 5) is 60.0. The summed E-state index contributed by atoms with van der Waals surface area (Å²) in [5.41, 5.74) is 0.258. The van der Waals surface area contributed by atoms with Crippen molar-refractivity contribution in [3.8, 4) is 0 Å². The van der Waals surface area contributed by atoms with Crippen LogP contribution in [0.25, 0.3) is 0 Å². The lowest BCUT2D eigenvalue weighted by molar-refractivity contribution is -0.251. The molecule has 1 aliphatic heterocycles. The number of benzene rings is 1. The number of ether oxygens (including phenoxy) is 5. The molecule has 0 radical (unpaired) electrons. The van der Waals surface area contributed by atoms with Gasteiger partial charge in [0.05, 0.1) is 7.11 Å². The molecule has 11 nitrogen and oxygen atoms in total. The van der Waals surface area contributed by atoms with Crippen molar-refractivity contribution in [1.29, 1.82) is 0 Å². The van der Waals surface area contributed by atoms with Crippen LogP contribution >= 0.6 is 0 Å². The Hall–Kier alpha value is -3.47.